The van der Waals surface area contributed by atoms with Crippen LogP contribution in [0.1, 0.15) is 0 Å². The molecule has 0 atom stereocenters. The summed E-state index contributed by atoms with van der Waals surface area (Å²) in [4.78, 5) is 6.05. The van der Waals surface area contributed by atoms with Gasteiger partial charge in [-0.2, -0.15) is 0 Å². The van der Waals surface area contributed by atoms with Crippen molar-refractivity contribution in [2.45, 2.75) is 0 Å². The Kier molecular flexibility index (Phi) is 5.10. The third kappa shape index (κ3) is 2.53. The summed E-state index contributed by atoms with van der Waals surface area (Å²) < 4.78 is 0. The van der Waals surface area contributed by atoms with E-state index in [0.29, 0.717) is 22.5 Å². The molecule has 1 aromatic rings. The van der Waals surface area contributed by atoms with Gasteiger partial charge in [0.25, 0.3) is 0 Å². The van der Waals surface area contributed by atoms with Crippen LogP contribution in [0.2, 0.25) is 10.0 Å². The van der Waals surface area contributed by atoms with Crippen LogP contribution >= 0.6 is 47.2 Å². The Bertz CT molecular complexity index is 390. The molecule has 1 aliphatic rings. The molecule has 2 rings (SSSR count). The smallest absolute Gasteiger partial charge is 0.213 e. The molecule has 88 valence electrons. The van der Waals surface area contributed by atoms with Crippen molar-refractivity contribution in [2.24, 2.45) is 10.8 Å². The second-order valence-corrected chi connectivity index (χ2v) is 3.89. The van der Waals surface area contributed by atoms with Gasteiger partial charge in [0.15, 0.2) is 0 Å². The van der Waals surface area contributed by atoms with E-state index >= 15 is 0 Å². The van der Waals surface area contributed by atoms with Crippen molar-refractivity contribution >= 4 is 58.8 Å². The predicted molar refractivity (Wildman–Crippen MR) is 78.8 cm³/mol. The average Bonchev–Trinajstić information content (AvgIpc) is 2.65. The van der Waals surface area contributed by atoms with E-state index in [-0.39, 0.29) is 24.0 Å². The van der Waals surface area contributed by atoms with Crippen molar-refractivity contribution in [2.75, 3.05) is 18.0 Å². The Hall–Kier alpha value is -0.240. The minimum atomic E-state index is 0. The number of para-hydroxylation sites is 1. The summed E-state index contributed by atoms with van der Waals surface area (Å²) in [6.07, 6.45) is 0. The number of hydrazine groups is 1. The van der Waals surface area contributed by atoms with E-state index < -0.39 is 0 Å². The summed E-state index contributed by atoms with van der Waals surface area (Å²) in [6, 6.07) is 5.38. The first-order valence-corrected chi connectivity index (χ1v) is 5.22. The third-order valence-electron chi connectivity index (χ3n) is 2.18. The molecule has 0 radical (unpaired) electrons. The van der Waals surface area contributed by atoms with E-state index in [0.717, 1.165) is 12.2 Å². The zero-order valence-electron chi connectivity index (χ0n) is 8.28. The number of nitrogens with two attached hydrogens (primary N) is 1. The van der Waals surface area contributed by atoms with E-state index in [1.165, 1.54) is 0 Å². The van der Waals surface area contributed by atoms with Crippen molar-refractivity contribution in [1.29, 1.82) is 0 Å². The highest BCUT2D eigenvalue weighted by Gasteiger charge is 2.22. The Morgan fingerprint density at radius 3 is 2.50 bits per heavy atom. The lowest BCUT2D eigenvalue weighted by Gasteiger charge is -2.21. The summed E-state index contributed by atoms with van der Waals surface area (Å²) in [7, 11) is 0. The number of rotatable bonds is 1. The van der Waals surface area contributed by atoms with Crippen molar-refractivity contribution in [3.63, 3.8) is 0 Å². The number of benzene rings is 1. The van der Waals surface area contributed by atoms with Gasteiger partial charge in [-0.1, -0.05) is 29.3 Å². The highest BCUT2D eigenvalue weighted by molar-refractivity contribution is 14.0. The summed E-state index contributed by atoms with van der Waals surface area (Å²) >= 11 is 12.2. The Balaban J connectivity index is 0.00000128. The predicted octanol–water partition coefficient (Wildman–Crippen LogP) is 2.25. The van der Waals surface area contributed by atoms with Gasteiger partial charge in [0.1, 0.15) is 0 Å². The topological polar surface area (TPSA) is 53.6 Å². The van der Waals surface area contributed by atoms with Gasteiger partial charge in [0, 0.05) is 6.54 Å². The van der Waals surface area contributed by atoms with Crippen LogP contribution in [-0.4, -0.2) is 19.0 Å². The van der Waals surface area contributed by atoms with Gasteiger partial charge in [0.2, 0.25) is 5.96 Å². The van der Waals surface area contributed by atoms with Gasteiger partial charge in [-0.3, -0.25) is 5.43 Å². The summed E-state index contributed by atoms with van der Waals surface area (Å²) in [6.45, 7) is 1.41. The van der Waals surface area contributed by atoms with Gasteiger partial charge < -0.3 is 4.90 Å². The van der Waals surface area contributed by atoms with Crippen molar-refractivity contribution < 1.29 is 0 Å². The highest BCUT2D eigenvalue weighted by atomic mass is 127. The van der Waals surface area contributed by atoms with Crippen LogP contribution in [0.3, 0.4) is 0 Å². The van der Waals surface area contributed by atoms with Gasteiger partial charge in [-0.15, -0.1) is 24.0 Å². The molecule has 16 heavy (non-hydrogen) atoms. The van der Waals surface area contributed by atoms with E-state index in [2.05, 4.69) is 10.4 Å². The fraction of sp³-hybridized carbons (Fsp3) is 0.222. The molecular formula is C9H11Cl2IN4. The molecule has 0 bridgehead atoms. The molecule has 7 heteroatoms. The quantitative estimate of drug-likeness (QED) is 0.451. The molecule has 0 aromatic heterocycles. The first-order valence-electron chi connectivity index (χ1n) is 4.46. The average molecular weight is 373 g/mol. The molecule has 0 spiro atoms. The Morgan fingerprint density at radius 2 is 1.94 bits per heavy atom. The zero-order valence-corrected chi connectivity index (χ0v) is 12.1. The molecular weight excluding hydrogens is 362 g/mol. The number of nitrogens with zero attached hydrogens (tertiary/aromatic N) is 2. The lowest BCUT2D eigenvalue weighted by atomic mass is 10.3. The van der Waals surface area contributed by atoms with E-state index in [1.54, 1.807) is 18.2 Å². The van der Waals surface area contributed by atoms with Crippen molar-refractivity contribution in [3.05, 3.63) is 28.2 Å². The van der Waals surface area contributed by atoms with Crippen LogP contribution in [0.4, 0.5) is 5.69 Å². The SMILES string of the molecule is I.NNC1=NCCN1c1c(Cl)cccc1Cl. The minimum Gasteiger partial charge on any atom is -0.307 e. The maximum absolute atomic E-state index is 6.08. The first kappa shape index (κ1) is 13.8. The molecule has 0 fully saturated rings. The normalized spacial score (nSPS) is 14.4. The third-order valence-corrected chi connectivity index (χ3v) is 2.79. The largest absolute Gasteiger partial charge is 0.307 e. The molecule has 0 unspecified atom stereocenters. The number of guanidine groups is 1. The van der Waals surface area contributed by atoms with Crippen molar-refractivity contribution in [1.82, 2.24) is 5.43 Å². The number of halogens is 3. The molecule has 1 aromatic carbocycles. The molecule has 1 aliphatic heterocycles. The standard InChI is InChI=1S/C9H10Cl2N4.HI/c10-6-2-1-3-7(11)8(6)15-5-4-13-9(15)14-12;/h1-3H,4-5,12H2,(H,13,14);1H. The number of nitrogens with one attached hydrogen (secondary N) is 1. The molecule has 4 nitrogen and oxygen atoms in total. The second-order valence-electron chi connectivity index (χ2n) is 3.07. The Labute approximate surface area is 121 Å². The zero-order chi connectivity index (χ0) is 10.8. The lowest BCUT2D eigenvalue weighted by molar-refractivity contribution is 0.976. The van der Waals surface area contributed by atoms with Crippen LogP contribution < -0.4 is 16.2 Å². The van der Waals surface area contributed by atoms with Crippen LogP contribution in [0, 0.1) is 0 Å². The number of hydrogen-bond donors (Lipinski definition) is 2. The lowest BCUT2D eigenvalue weighted by Crippen LogP contribution is -2.42. The molecule has 0 saturated heterocycles. The van der Waals surface area contributed by atoms with E-state index in [9.17, 15) is 0 Å². The van der Waals surface area contributed by atoms with Crippen molar-refractivity contribution in [3.8, 4) is 0 Å². The number of hydrogen-bond acceptors (Lipinski definition) is 4. The highest BCUT2D eigenvalue weighted by Crippen LogP contribution is 2.34. The van der Waals surface area contributed by atoms with Gasteiger partial charge >= 0.3 is 0 Å². The summed E-state index contributed by atoms with van der Waals surface area (Å²) in [5, 5.41) is 1.18. The monoisotopic (exact) mass is 372 g/mol. The van der Waals surface area contributed by atoms with Crippen LogP contribution in [-0.2, 0) is 0 Å². The Morgan fingerprint density at radius 1 is 1.31 bits per heavy atom. The molecule has 0 amide bonds. The maximum Gasteiger partial charge on any atom is 0.213 e. The van der Waals surface area contributed by atoms with Gasteiger partial charge in [-0.05, 0) is 12.1 Å². The molecule has 0 saturated carbocycles. The van der Waals surface area contributed by atoms with Crippen LogP contribution in [0.15, 0.2) is 23.2 Å². The maximum atomic E-state index is 6.08. The first-order chi connectivity index (χ1) is 7.24. The van der Waals surface area contributed by atoms with Crippen LogP contribution in [0.25, 0.3) is 0 Å². The summed E-state index contributed by atoms with van der Waals surface area (Å²) in [5.41, 5.74) is 3.27. The minimum absolute atomic E-state index is 0. The summed E-state index contributed by atoms with van der Waals surface area (Å²) in [5.74, 6) is 5.94. The van der Waals surface area contributed by atoms with E-state index in [4.69, 9.17) is 29.0 Å². The molecule has 0 aliphatic carbocycles. The van der Waals surface area contributed by atoms with Crippen LogP contribution in [0.5, 0.6) is 0 Å². The number of aliphatic imine (C=N–C) groups is 1. The number of anilines is 1. The molecule has 3 N–H and O–H groups in total. The fourth-order valence-electron chi connectivity index (χ4n) is 1.54. The fourth-order valence-corrected chi connectivity index (χ4v) is 2.14. The van der Waals surface area contributed by atoms with E-state index in [1.807, 2.05) is 4.90 Å². The second kappa shape index (κ2) is 5.90. The van der Waals surface area contributed by atoms with Gasteiger partial charge in [-0.25, -0.2) is 10.8 Å². The van der Waals surface area contributed by atoms with Gasteiger partial charge in [0.05, 0.1) is 22.3 Å². The molecule has 1 heterocycles.